The zero-order valence-electron chi connectivity index (χ0n) is 12.5. The lowest BCUT2D eigenvalue weighted by Crippen LogP contribution is -2.33. The first-order valence-electron chi connectivity index (χ1n) is 7.65. The highest BCUT2D eigenvalue weighted by Gasteiger charge is 2.33. The van der Waals surface area contributed by atoms with Crippen LogP contribution < -0.4 is 5.32 Å². The molecular formula is C17H25BrClN. The zero-order chi connectivity index (χ0) is 14.6. The Morgan fingerprint density at radius 1 is 1.30 bits per heavy atom. The molecule has 0 aliphatic heterocycles. The lowest BCUT2D eigenvalue weighted by atomic mass is 9.78. The molecule has 0 spiro atoms. The van der Waals surface area contributed by atoms with E-state index in [1.54, 1.807) is 0 Å². The Labute approximate surface area is 136 Å². The molecule has 0 unspecified atom stereocenters. The predicted octanol–water partition coefficient (Wildman–Crippen LogP) is 5.80. The van der Waals surface area contributed by atoms with Gasteiger partial charge in [-0.25, -0.2) is 0 Å². The fourth-order valence-electron chi connectivity index (χ4n) is 3.57. The van der Waals surface area contributed by atoms with Crippen LogP contribution in [0.1, 0.15) is 51.5 Å². The van der Waals surface area contributed by atoms with E-state index < -0.39 is 0 Å². The lowest BCUT2D eigenvalue weighted by Gasteiger charge is -2.31. The van der Waals surface area contributed by atoms with Gasteiger partial charge in [-0.15, -0.1) is 0 Å². The average Bonchev–Trinajstić information content (AvgIpc) is 2.80. The van der Waals surface area contributed by atoms with Crippen molar-refractivity contribution >= 4 is 27.5 Å². The molecule has 1 aromatic rings. The number of rotatable bonds is 6. The molecule has 112 valence electrons. The molecule has 0 atom stereocenters. The van der Waals surface area contributed by atoms with Crippen molar-refractivity contribution in [3.8, 4) is 0 Å². The van der Waals surface area contributed by atoms with Crippen LogP contribution in [0.15, 0.2) is 22.7 Å². The minimum Gasteiger partial charge on any atom is -0.312 e. The van der Waals surface area contributed by atoms with Crippen LogP contribution in [0.25, 0.3) is 0 Å². The molecule has 2 rings (SSSR count). The Morgan fingerprint density at radius 2 is 2.00 bits per heavy atom. The molecule has 0 bridgehead atoms. The van der Waals surface area contributed by atoms with Gasteiger partial charge in [0.2, 0.25) is 0 Å². The second kappa shape index (κ2) is 7.29. The maximum atomic E-state index is 5.98. The molecular weight excluding hydrogens is 334 g/mol. The summed E-state index contributed by atoms with van der Waals surface area (Å²) in [5.41, 5.74) is 1.82. The summed E-state index contributed by atoms with van der Waals surface area (Å²) in [4.78, 5) is 0. The van der Waals surface area contributed by atoms with Crippen molar-refractivity contribution in [1.29, 1.82) is 0 Å². The lowest BCUT2D eigenvalue weighted by molar-refractivity contribution is 0.223. The Hall–Kier alpha value is -0.0500. The van der Waals surface area contributed by atoms with Gasteiger partial charge in [-0.05, 0) is 48.3 Å². The van der Waals surface area contributed by atoms with Crippen molar-refractivity contribution in [3.05, 3.63) is 33.3 Å². The Morgan fingerprint density at radius 3 is 2.60 bits per heavy atom. The van der Waals surface area contributed by atoms with Crippen LogP contribution in [0, 0.1) is 11.3 Å². The Bertz CT molecular complexity index is 439. The van der Waals surface area contributed by atoms with Crippen LogP contribution >= 0.6 is 27.5 Å². The standard InChI is InChI=1S/C17H25BrClN/c1-13(2)10-17(7-3-4-8-17)12-20-11-14-5-6-15(19)9-16(14)18/h5-6,9,13,20H,3-4,7-8,10-12H2,1-2H3. The van der Waals surface area contributed by atoms with Crippen molar-refractivity contribution in [2.45, 2.75) is 52.5 Å². The van der Waals surface area contributed by atoms with Crippen molar-refractivity contribution in [2.75, 3.05) is 6.54 Å². The first-order chi connectivity index (χ1) is 9.51. The van der Waals surface area contributed by atoms with Gasteiger partial charge < -0.3 is 5.32 Å². The van der Waals surface area contributed by atoms with Crippen molar-refractivity contribution < 1.29 is 0 Å². The van der Waals surface area contributed by atoms with E-state index in [1.165, 1.54) is 37.7 Å². The highest BCUT2D eigenvalue weighted by atomic mass is 79.9. The van der Waals surface area contributed by atoms with Gasteiger partial charge in [0.25, 0.3) is 0 Å². The van der Waals surface area contributed by atoms with E-state index >= 15 is 0 Å². The maximum Gasteiger partial charge on any atom is 0.0417 e. The topological polar surface area (TPSA) is 12.0 Å². The molecule has 1 fully saturated rings. The first-order valence-corrected chi connectivity index (χ1v) is 8.82. The second-order valence-corrected chi connectivity index (χ2v) is 7.94. The molecule has 0 radical (unpaired) electrons. The Kier molecular flexibility index (Phi) is 5.95. The monoisotopic (exact) mass is 357 g/mol. The smallest absolute Gasteiger partial charge is 0.0417 e. The van der Waals surface area contributed by atoms with E-state index in [-0.39, 0.29) is 0 Å². The molecule has 0 heterocycles. The molecule has 1 nitrogen and oxygen atoms in total. The third-order valence-electron chi connectivity index (χ3n) is 4.34. The van der Waals surface area contributed by atoms with Crippen LogP contribution in [-0.2, 0) is 6.54 Å². The minimum atomic E-state index is 0.535. The number of hydrogen-bond acceptors (Lipinski definition) is 1. The summed E-state index contributed by atoms with van der Waals surface area (Å²) in [6.45, 7) is 6.74. The van der Waals surface area contributed by atoms with E-state index in [1.807, 2.05) is 12.1 Å². The zero-order valence-corrected chi connectivity index (χ0v) is 14.9. The second-order valence-electron chi connectivity index (χ2n) is 6.64. The highest BCUT2D eigenvalue weighted by Crippen LogP contribution is 2.42. The quantitative estimate of drug-likeness (QED) is 0.677. The molecule has 1 N–H and O–H groups in total. The summed E-state index contributed by atoms with van der Waals surface area (Å²) in [5, 5.41) is 4.46. The Balaban J connectivity index is 1.90. The van der Waals surface area contributed by atoms with E-state index in [4.69, 9.17) is 11.6 Å². The van der Waals surface area contributed by atoms with Gasteiger partial charge in [-0.3, -0.25) is 0 Å². The van der Waals surface area contributed by atoms with E-state index in [0.717, 1.165) is 28.5 Å². The van der Waals surface area contributed by atoms with Crippen molar-refractivity contribution in [1.82, 2.24) is 5.32 Å². The van der Waals surface area contributed by atoms with Gasteiger partial charge in [0, 0.05) is 22.6 Å². The molecule has 1 aliphatic rings. The molecule has 3 heteroatoms. The van der Waals surface area contributed by atoms with Gasteiger partial charge in [0.15, 0.2) is 0 Å². The van der Waals surface area contributed by atoms with Gasteiger partial charge in [-0.2, -0.15) is 0 Å². The van der Waals surface area contributed by atoms with E-state index in [0.29, 0.717) is 5.41 Å². The van der Waals surface area contributed by atoms with Crippen LogP contribution in [0.2, 0.25) is 5.02 Å². The molecule has 20 heavy (non-hydrogen) atoms. The largest absolute Gasteiger partial charge is 0.312 e. The molecule has 0 saturated heterocycles. The van der Waals surface area contributed by atoms with Gasteiger partial charge >= 0.3 is 0 Å². The summed E-state index contributed by atoms with van der Waals surface area (Å²) in [7, 11) is 0. The predicted molar refractivity (Wildman–Crippen MR) is 91.2 cm³/mol. The van der Waals surface area contributed by atoms with Crippen molar-refractivity contribution in [3.63, 3.8) is 0 Å². The molecule has 1 aliphatic carbocycles. The van der Waals surface area contributed by atoms with Gasteiger partial charge in [0.1, 0.15) is 0 Å². The summed E-state index contributed by atoms with van der Waals surface area (Å²) in [6.07, 6.45) is 6.93. The maximum absolute atomic E-state index is 5.98. The van der Waals surface area contributed by atoms with Crippen molar-refractivity contribution in [2.24, 2.45) is 11.3 Å². The fourth-order valence-corrected chi connectivity index (χ4v) is 4.39. The number of benzene rings is 1. The molecule has 0 amide bonds. The van der Waals surface area contributed by atoms with Crippen LogP contribution in [0.4, 0.5) is 0 Å². The fraction of sp³-hybridized carbons (Fsp3) is 0.647. The van der Waals surface area contributed by atoms with Crippen LogP contribution in [0.3, 0.4) is 0 Å². The van der Waals surface area contributed by atoms with E-state index in [2.05, 4.69) is 41.2 Å². The number of halogens is 2. The first kappa shape index (κ1) is 16.3. The molecule has 1 saturated carbocycles. The summed E-state index contributed by atoms with van der Waals surface area (Å²) < 4.78 is 1.10. The SMILES string of the molecule is CC(C)CC1(CNCc2ccc(Cl)cc2Br)CCCC1. The summed E-state index contributed by atoms with van der Waals surface area (Å²) in [5.74, 6) is 0.789. The molecule has 0 aromatic heterocycles. The third-order valence-corrected chi connectivity index (χ3v) is 5.31. The van der Waals surface area contributed by atoms with E-state index in [9.17, 15) is 0 Å². The average molecular weight is 359 g/mol. The highest BCUT2D eigenvalue weighted by molar-refractivity contribution is 9.10. The van der Waals surface area contributed by atoms with Crippen LogP contribution in [0.5, 0.6) is 0 Å². The third kappa shape index (κ3) is 4.47. The number of nitrogens with one attached hydrogen (secondary N) is 1. The van der Waals surface area contributed by atoms with Gasteiger partial charge in [0.05, 0.1) is 0 Å². The van der Waals surface area contributed by atoms with Gasteiger partial charge in [-0.1, -0.05) is 60.3 Å². The normalized spacial score (nSPS) is 17.9. The number of hydrogen-bond donors (Lipinski definition) is 1. The minimum absolute atomic E-state index is 0.535. The summed E-state index contributed by atoms with van der Waals surface area (Å²) >= 11 is 9.57. The molecule has 1 aromatic carbocycles. The summed E-state index contributed by atoms with van der Waals surface area (Å²) in [6, 6.07) is 6.03. The van der Waals surface area contributed by atoms with Crippen LogP contribution in [-0.4, -0.2) is 6.54 Å².